The van der Waals surface area contributed by atoms with Gasteiger partial charge in [-0.05, 0) is 36.8 Å². The number of halogens is 4. The van der Waals surface area contributed by atoms with Gasteiger partial charge < -0.3 is 15.2 Å². The van der Waals surface area contributed by atoms with Crippen molar-refractivity contribution < 1.29 is 27.2 Å². The summed E-state index contributed by atoms with van der Waals surface area (Å²) in [4.78, 5) is 23.7. The van der Waals surface area contributed by atoms with Crippen molar-refractivity contribution in [2.75, 3.05) is 5.32 Å². The molecule has 1 heterocycles. The number of aryl methyl sites for hydroxylation is 1. The Morgan fingerprint density at radius 2 is 1.79 bits per heavy atom. The van der Waals surface area contributed by atoms with Crippen molar-refractivity contribution in [3.63, 3.8) is 0 Å². The van der Waals surface area contributed by atoms with Crippen LogP contribution in [0.1, 0.15) is 30.6 Å². The van der Waals surface area contributed by atoms with E-state index in [9.17, 15) is 22.8 Å². The number of rotatable bonds is 9. The zero-order valence-corrected chi connectivity index (χ0v) is 16.0. The third-order valence-electron chi connectivity index (χ3n) is 3.78. The van der Waals surface area contributed by atoms with Crippen LogP contribution in [0.4, 0.5) is 18.9 Å². The third-order valence-corrected chi connectivity index (χ3v) is 4.11. The van der Waals surface area contributed by atoms with Crippen LogP contribution in [-0.4, -0.2) is 11.8 Å². The molecule has 2 amide bonds. The maximum absolute atomic E-state index is 12.7. The van der Waals surface area contributed by atoms with Gasteiger partial charge in [-0.2, -0.15) is 13.2 Å². The van der Waals surface area contributed by atoms with E-state index in [2.05, 4.69) is 22.7 Å². The summed E-state index contributed by atoms with van der Waals surface area (Å²) in [6, 6.07) is 6.19. The van der Waals surface area contributed by atoms with Crippen LogP contribution >= 0.6 is 11.6 Å². The van der Waals surface area contributed by atoms with Gasteiger partial charge in [0.2, 0.25) is 11.8 Å². The first-order valence-electron chi connectivity index (χ1n) is 8.57. The molecule has 0 radical (unpaired) electrons. The van der Waals surface area contributed by atoms with E-state index >= 15 is 0 Å². The zero-order valence-electron chi connectivity index (χ0n) is 15.2. The predicted octanol–water partition coefficient (Wildman–Crippen LogP) is 4.44. The SMILES string of the molecule is C=C(CCc1ccco1)NNC(=O)CCC(=O)Nc1cc(C(F)(F)F)ccc1Cl. The van der Waals surface area contributed by atoms with Gasteiger partial charge in [0.15, 0.2) is 0 Å². The van der Waals surface area contributed by atoms with Crippen molar-refractivity contribution in [3.8, 4) is 0 Å². The Morgan fingerprint density at radius 3 is 2.45 bits per heavy atom. The van der Waals surface area contributed by atoms with Gasteiger partial charge in [-0.3, -0.25) is 15.0 Å². The number of carbonyl (C=O) groups is 2. The quantitative estimate of drug-likeness (QED) is 0.515. The molecule has 1 aromatic heterocycles. The van der Waals surface area contributed by atoms with Crippen LogP contribution in [0.2, 0.25) is 5.02 Å². The van der Waals surface area contributed by atoms with E-state index in [1.54, 1.807) is 12.3 Å². The lowest BCUT2D eigenvalue weighted by atomic mass is 10.2. The van der Waals surface area contributed by atoms with Crippen LogP contribution in [-0.2, 0) is 22.2 Å². The fraction of sp³-hybridized carbons (Fsp3) is 0.263. The van der Waals surface area contributed by atoms with Crippen molar-refractivity contribution in [3.05, 3.63) is 65.2 Å². The Morgan fingerprint density at radius 1 is 1.07 bits per heavy atom. The number of nitrogens with one attached hydrogen (secondary N) is 3. The number of hydrazine groups is 1. The molecular weight excluding hydrogens is 411 g/mol. The van der Waals surface area contributed by atoms with Crippen LogP contribution in [0.3, 0.4) is 0 Å². The van der Waals surface area contributed by atoms with Crippen LogP contribution in [0.25, 0.3) is 0 Å². The molecule has 0 aliphatic heterocycles. The molecule has 1 aromatic carbocycles. The van der Waals surface area contributed by atoms with Crippen LogP contribution in [0.15, 0.2) is 53.3 Å². The minimum absolute atomic E-state index is 0.0367. The first kappa shape index (κ1) is 22.4. The van der Waals surface area contributed by atoms with Crippen molar-refractivity contribution in [2.24, 2.45) is 0 Å². The van der Waals surface area contributed by atoms with Gasteiger partial charge in [-0.15, -0.1) is 0 Å². The monoisotopic (exact) mass is 429 g/mol. The highest BCUT2D eigenvalue weighted by Gasteiger charge is 2.31. The summed E-state index contributed by atoms with van der Waals surface area (Å²) >= 11 is 5.82. The van der Waals surface area contributed by atoms with Crippen molar-refractivity contribution >= 4 is 29.1 Å². The molecule has 2 aromatic rings. The minimum Gasteiger partial charge on any atom is -0.469 e. The van der Waals surface area contributed by atoms with Crippen LogP contribution in [0.5, 0.6) is 0 Å². The highest BCUT2D eigenvalue weighted by molar-refractivity contribution is 6.33. The van der Waals surface area contributed by atoms with Gasteiger partial charge in [-0.25, -0.2) is 0 Å². The average Bonchev–Trinajstić information content (AvgIpc) is 3.17. The smallest absolute Gasteiger partial charge is 0.416 e. The number of allylic oxidation sites excluding steroid dienone is 1. The summed E-state index contributed by atoms with van der Waals surface area (Å²) in [7, 11) is 0. The second kappa shape index (κ2) is 10.0. The van der Waals surface area contributed by atoms with E-state index < -0.39 is 23.6 Å². The number of hydrogen-bond donors (Lipinski definition) is 3. The Hall–Kier alpha value is -2.94. The van der Waals surface area contributed by atoms with E-state index in [4.69, 9.17) is 16.0 Å². The lowest BCUT2D eigenvalue weighted by molar-refractivity contribution is -0.137. The van der Waals surface area contributed by atoms with Gasteiger partial charge in [-0.1, -0.05) is 18.2 Å². The van der Waals surface area contributed by atoms with E-state index in [0.29, 0.717) is 18.5 Å². The lowest BCUT2D eigenvalue weighted by Crippen LogP contribution is -2.36. The molecule has 3 N–H and O–H groups in total. The second-order valence-corrected chi connectivity index (χ2v) is 6.50. The molecule has 0 fully saturated rings. The third kappa shape index (κ3) is 7.53. The molecule has 6 nitrogen and oxygen atoms in total. The summed E-state index contributed by atoms with van der Waals surface area (Å²) in [5.74, 6) is -0.336. The highest BCUT2D eigenvalue weighted by atomic mass is 35.5. The van der Waals surface area contributed by atoms with Crippen molar-refractivity contribution in [1.82, 2.24) is 10.9 Å². The molecule has 0 aliphatic carbocycles. The van der Waals surface area contributed by atoms with Gasteiger partial charge >= 0.3 is 6.18 Å². The number of amides is 2. The molecule has 29 heavy (non-hydrogen) atoms. The summed E-state index contributed by atoms with van der Waals surface area (Å²) in [6.07, 6.45) is -2.28. The van der Waals surface area contributed by atoms with Crippen molar-refractivity contribution in [1.29, 1.82) is 0 Å². The molecule has 0 aliphatic rings. The Labute approximate surface area is 170 Å². The molecule has 0 saturated heterocycles. The Balaban J connectivity index is 1.73. The minimum atomic E-state index is -4.56. The Kier molecular flexibility index (Phi) is 7.72. The second-order valence-electron chi connectivity index (χ2n) is 6.10. The number of hydrogen-bond acceptors (Lipinski definition) is 4. The molecule has 0 saturated carbocycles. The summed E-state index contributed by atoms with van der Waals surface area (Å²) in [5.41, 5.74) is 4.48. The maximum atomic E-state index is 12.7. The molecule has 156 valence electrons. The average molecular weight is 430 g/mol. The van der Waals surface area contributed by atoms with Gasteiger partial charge in [0.1, 0.15) is 5.76 Å². The first-order chi connectivity index (χ1) is 13.6. The lowest BCUT2D eigenvalue weighted by Gasteiger charge is -2.12. The van der Waals surface area contributed by atoms with E-state index in [0.717, 1.165) is 24.0 Å². The van der Waals surface area contributed by atoms with E-state index in [-0.39, 0.29) is 23.6 Å². The largest absolute Gasteiger partial charge is 0.469 e. The summed E-state index contributed by atoms with van der Waals surface area (Å²) < 4.78 is 43.4. The van der Waals surface area contributed by atoms with Crippen LogP contribution < -0.4 is 16.2 Å². The first-order valence-corrected chi connectivity index (χ1v) is 8.94. The Bertz CT molecular complexity index is 867. The van der Waals surface area contributed by atoms with Gasteiger partial charge in [0, 0.05) is 25.0 Å². The van der Waals surface area contributed by atoms with Gasteiger partial charge in [0.05, 0.1) is 22.5 Å². The molecule has 10 heteroatoms. The number of anilines is 1. The fourth-order valence-electron chi connectivity index (χ4n) is 2.25. The number of alkyl halides is 3. The number of benzene rings is 1. The highest BCUT2D eigenvalue weighted by Crippen LogP contribution is 2.33. The summed E-state index contributed by atoms with van der Waals surface area (Å²) in [6.45, 7) is 3.76. The fourth-order valence-corrected chi connectivity index (χ4v) is 2.41. The topological polar surface area (TPSA) is 83.4 Å². The van der Waals surface area contributed by atoms with E-state index in [1.807, 2.05) is 6.07 Å². The van der Waals surface area contributed by atoms with Gasteiger partial charge in [0.25, 0.3) is 0 Å². The molecule has 0 bridgehead atoms. The standard InChI is InChI=1S/C19H19ClF3N3O3/c1-12(4-6-14-3-2-10-29-14)25-26-18(28)9-8-17(27)24-16-11-13(19(21,22)23)5-7-15(16)20/h2-3,5,7,10-11,25H,1,4,6,8-9H2,(H,24,27)(H,26,28). The molecule has 0 atom stereocenters. The normalized spacial score (nSPS) is 11.0. The molecule has 0 spiro atoms. The zero-order chi connectivity index (χ0) is 21.4. The maximum Gasteiger partial charge on any atom is 0.416 e. The summed E-state index contributed by atoms with van der Waals surface area (Å²) in [5, 5.41) is 2.24. The van der Waals surface area contributed by atoms with E-state index in [1.165, 1.54) is 0 Å². The number of carbonyl (C=O) groups excluding carboxylic acids is 2. The predicted molar refractivity (Wildman–Crippen MR) is 102 cm³/mol. The molecule has 0 unspecified atom stereocenters. The molecular formula is C19H19ClF3N3O3. The number of furan rings is 1. The van der Waals surface area contributed by atoms with Crippen LogP contribution in [0, 0.1) is 0 Å². The van der Waals surface area contributed by atoms with Crippen molar-refractivity contribution in [2.45, 2.75) is 31.9 Å². The molecule has 2 rings (SSSR count).